The van der Waals surface area contributed by atoms with Gasteiger partial charge >= 0.3 is 0 Å². The maximum atomic E-state index is 4.86. The minimum Gasteiger partial charge on any atom is -0.468 e. The predicted octanol–water partition coefficient (Wildman–Crippen LogP) is 1.07. The van der Waals surface area contributed by atoms with E-state index in [0.717, 1.165) is 18.0 Å². The lowest BCUT2D eigenvalue weighted by Crippen LogP contribution is -1.99. The summed E-state index contributed by atoms with van der Waals surface area (Å²) in [6.45, 7) is 0.820. The summed E-state index contributed by atoms with van der Waals surface area (Å²) in [5.74, 6) is 0. The Labute approximate surface area is 46.7 Å². The molecule has 0 unspecified atom stereocenters. The number of nitrogens with one attached hydrogen (secondary N) is 2. The van der Waals surface area contributed by atoms with Crippen LogP contribution < -0.4 is 10.6 Å². The van der Waals surface area contributed by atoms with Crippen molar-refractivity contribution in [3.8, 4) is 0 Å². The minimum absolute atomic E-state index is 0.820. The summed E-state index contributed by atoms with van der Waals surface area (Å²) in [6.07, 6.45) is 3.38. The molecule has 0 radical (unpaired) electrons. The van der Waals surface area contributed by atoms with E-state index in [9.17, 15) is 0 Å². The normalized spacial score (nSPS) is 14.5. The Morgan fingerprint density at radius 2 is 1.88 bits per heavy atom. The van der Waals surface area contributed by atoms with Crippen molar-refractivity contribution in [1.82, 2.24) is 0 Å². The number of fused-ring (bicyclic) bond motifs is 1. The zero-order valence-corrected chi connectivity index (χ0v) is 4.27. The van der Waals surface area contributed by atoms with Crippen LogP contribution in [0, 0.1) is 0 Å². The summed E-state index contributed by atoms with van der Waals surface area (Å²) in [4.78, 5) is 0. The number of anilines is 2. The summed E-state index contributed by atoms with van der Waals surface area (Å²) in [5, 5.41) is 6.15. The quantitative estimate of drug-likeness (QED) is 0.524. The molecule has 1 aromatic heterocycles. The molecule has 1 aromatic rings. The van der Waals surface area contributed by atoms with Crippen molar-refractivity contribution in [2.75, 3.05) is 17.3 Å². The van der Waals surface area contributed by atoms with E-state index in [4.69, 9.17) is 4.42 Å². The maximum absolute atomic E-state index is 4.86. The van der Waals surface area contributed by atoms with Gasteiger partial charge < -0.3 is 15.1 Å². The average Bonchev–Trinajstić information content (AvgIpc) is 2.15. The lowest BCUT2D eigenvalue weighted by molar-refractivity contribution is 0.568. The maximum Gasteiger partial charge on any atom is 0.116 e. The number of rotatable bonds is 0. The molecule has 3 nitrogen and oxygen atoms in total. The second-order valence-corrected chi connectivity index (χ2v) is 1.73. The fourth-order valence-corrected chi connectivity index (χ4v) is 0.805. The molecular formula is C5H6N2O. The van der Waals surface area contributed by atoms with Crippen LogP contribution >= 0.6 is 0 Å². The Morgan fingerprint density at radius 3 is 2.50 bits per heavy atom. The van der Waals surface area contributed by atoms with Gasteiger partial charge in [0, 0.05) is 0 Å². The topological polar surface area (TPSA) is 37.2 Å². The van der Waals surface area contributed by atoms with Crippen LogP contribution in [-0.4, -0.2) is 6.67 Å². The van der Waals surface area contributed by atoms with E-state index in [1.54, 1.807) is 12.5 Å². The predicted molar refractivity (Wildman–Crippen MR) is 30.8 cm³/mol. The van der Waals surface area contributed by atoms with E-state index in [-0.39, 0.29) is 0 Å². The highest BCUT2D eigenvalue weighted by molar-refractivity contribution is 5.70. The standard InChI is InChI=1S/C5H6N2O/c1-4-5(2-8-1)7-3-6-4/h1-2,6-7H,3H2. The first-order valence-electron chi connectivity index (χ1n) is 2.51. The highest BCUT2D eigenvalue weighted by Gasteiger charge is 2.08. The van der Waals surface area contributed by atoms with Crippen LogP contribution in [0.4, 0.5) is 11.4 Å². The monoisotopic (exact) mass is 110 g/mol. The molecule has 2 heterocycles. The van der Waals surface area contributed by atoms with Gasteiger partial charge in [-0.2, -0.15) is 0 Å². The lowest BCUT2D eigenvalue weighted by atomic mass is 10.5. The van der Waals surface area contributed by atoms with Crippen molar-refractivity contribution in [3.63, 3.8) is 0 Å². The Morgan fingerprint density at radius 1 is 1.25 bits per heavy atom. The summed E-state index contributed by atoms with van der Waals surface area (Å²) in [6, 6.07) is 0. The molecule has 3 heteroatoms. The first-order valence-corrected chi connectivity index (χ1v) is 2.51. The van der Waals surface area contributed by atoms with Crippen molar-refractivity contribution < 1.29 is 4.42 Å². The minimum atomic E-state index is 0.820. The van der Waals surface area contributed by atoms with Gasteiger partial charge in [0.2, 0.25) is 0 Å². The van der Waals surface area contributed by atoms with Gasteiger partial charge in [0.05, 0.1) is 18.0 Å². The molecule has 42 valence electrons. The first kappa shape index (κ1) is 3.83. The smallest absolute Gasteiger partial charge is 0.116 e. The third-order valence-corrected chi connectivity index (χ3v) is 1.22. The molecule has 0 aromatic carbocycles. The van der Waals surface area contributed by atoms with Gasteiger partial charge in [-0.25, -0.2) is 0 Å². The van der Waals surface area contributed by atoms with E-state index in [0.29, 0.717) is 0 Å². The number of hydrogen-bond donors (Lipinski definition) is 2. The number of furan rings is 1. The largest absolute Gasteiger partial charge is 0.468 e. The molecule has 0 atom stereocenters. The lowest BCUT2D eigenvalue weighted by Gasteiger charge is -1.86. The van der Waals surface area contributed by atoms with Gasteiger partial charge in [-0.3, -0.25) is 0 Å². The van der Waals surface area contributed by atoms with Crippen molar-refractivity contribution >= 4 is 11.4 Å². The van der Waals surface area contributed by atoms with Gasteiger partial charge in [-0.1, -0.05) is 0 Å². The van der Waals surface area contributed by atoms with Crippen LogP contribution in [0.5, 0.6) is 0 Å². The van der Waals surface area contributed by atoms with Gasteiger partial charge in [0.15, 0.2) is 0 Å². The summed E-state index contributed by atoms with van der Waals surface area (Å²) in [5.41, 5.74) is 2.12. The molecule has 2 N–H and O–H groups in total. The zero-order chi connectivity index (χ0) is 5.40. The Bertz CT molecular complexity index is 176. The molecule has 0 aliphatic carbocycles. The fraction of sp³-hybridized carbons (Fsp3) is 0.200. The molecule has 0 spiro atoms. The van der Waals surface area contributed by atoms with E-state index in [1.165, 1.54) is 0 Å². The van der Waals surface area contributed by atoms with Crippen LogP contribution in [0.2, 0.25) is 0 Å². The molecule has 8 heavy (non-hydrogen) atoms. The van der Waals surface area contributed by atoms with Crippen LogP contribution in [0.1, 0.15) is 0 Å². The molecule has 0 saturated heterocycles. The average molecular weight is 110 g/mol. The fourth-order valence-electron chi connectivity index (χ4n) is 0.805. The van der Waals surface area contributed by atoms with Crippen LogP contribution in [0.25, 0.3) is 0 Å². The second-order valence-electron chi connectivity index (χ2n) is 1.73. The van der Waals surface area contributed by atoms with Gasteiger partial charge in [0.25, 0.3) is 0 Å². The molecule has 2 rings (SSSR count). The van der Waals surface area contributed by atoms with E-state index >= 15 is 0 Å². The number of hydrogen-bond acceptors (Lipinski definition) is 3. The van der Waals surface area contributed by atoms with Crippen LogP contribution in [0.15, 0.2) is 16.9 Å². The van der Waals surface area contributed by atoms with Gasteiger partial charge in [-0.05, 0) is 0 Å². The second kappa shape index (κ2) is 1.18. The summed E-state index contributed by atoms with van der Waals surface area (Å²) >= 11 is 0. The highest BCUT2D eigenvalue weighted by Crippen LogP contribution is 2.25. The van der Waals surface area contributed by atoms with Crippen molar-refractivity contribution in [1.29, 1.82) is 0 Å². The molecule has 1 aliphatic heterocycles. The van der Waals surface area contributed by atoms with Crippen LogP contribution in [0.3, 0.4) is 0 Å². The van der Waals surface area contributed by atoms with Crippen molar-refractivity contribution in [2.24, 2.45) is 0 Å². The van der Waals surface area contributed by atoms with Crippen molar-refractivity contribution in [3.05, 3.63) is 12.5 Å². The van der Waals surface area contributed by atoms with E-state index in [2.05, 4.69) is 10.6 Å². The molecule has 0 fully saturated rings. The molecule has 0 amide bonds. The Balaban J connectivity index is 2.54. The first-order chi connectivity index (χ1) is 3.97. The highest BCUT2D eigenvalue weighted by atomic mass is 16.3. The summed E-state index contributed by atoms with van der Waals surface area (Å²) < 4.78 is 4.86. The molecule has 0 saturated carbocycles. The zero-order valence-electron chi connectivity index (χ0n) is 4.27. The molecule has 1 aliphatic rings. The van der Waals surface area contributed by atoms with Crippen LogP contribution in [-0.2, 0) is 0 Å². The SMILES string of the molecule is c1occ2c1NCN2. The van der Waals surface area contributed by atoms with Gasteiger partial charge in [-0.15, -0.1) is 0 Å². The Hall–Kier alpha value is -1.12. The van der Waals surface area contributed by atoms with Gasteiger partial charge in [0.1, 0.15) is 12.5 Å². The third-order valence-electron chi connectivity index (χ3n) is 1.22. The van der Waals surface area contributed by atoms with E-state index in [1.807, 2.05) is 0 Å². The third kappa shape index (κ3) is 0.332. The Kier molecular flexibility index (Phi) is 0.566. The van der Waals surface area contributed by atoms with E-state index < -0.39 is 0 Å². The van der Waals surface area contributed by atoms with Crippen molar-refractivity contribution in [2.45, 2.75) is 0 Å². The molecular weight excluding hydrogens is 104 g/mol. The molecule has 0 bridgehead atoms. The summed E-state index contributed by atoms with van der Waals surface area (Å²) in [7, 11) is 0.